The molecule has 0 spiro atoms. The minimum Gasteiger partial charge on any atom is -0.296 e. The van der Waals surface area contributed by atoms with Crippen LogP contribution in [-0.2, 0) is 16.5 Å². The maximum atomic E-state index is 3.87. The van der Waals surface area contributed by atoms with E-state index in [1.165, 1.54) is 0 Å². The van der Waals surface area contributed by atoms with E-state index in [4.69, 9.17) is 0 Å². The van der Waals surface area contributed by atoms with Gasteiger partial charge < -0.3 is 0 Å². The summed E-state index contributed by atoms with van der Waals surface area (Å²) in [5.74, 6) is 0. The maximum Gasteiger partial charge on any atom is 3.00 e. The van der Waals surface area contributed by atoms with Crippen LogP contribution in [0.25, 0.3) is 0 Å². The average molecular weight is 333 g/mol. The van der Waals surface area contributed by atoms with E-state index in [2.05, 4.69) is 25.8 Å². The molecule has 3 aromatic rings. The van der Waals surface area contributed by atoms with Crippen molar-refractivity contribution in [2.45, 2.75) is 0 Å². The topological polar surface area (TPSA) is 12.9 Å². The molecule has 3 rings (SSSR count). The van der Waals surface area contributed by atoms with Crippen molar-refractivity contribution in [1.29, 1.82) is 0 Å². The molecule has 115 valence electrons. The van der Waals surface area contributed by atoms with E-state index in [1.54, 1.807) is 6.20 Å². The molecule has 1 radical (unpaired) electrons. The third-order valence-electron chi connectivity index (χ3n) is 2.41. The molecule has 0 aliphatic rings. The fourth-order valence-corrected chi connectivity index (χ4v) is 1.35. The first-order valence-electron chi connectivity index (χ1n) is 6.65. The first-order chi connectivity index (χ1) is 10.2. The van der Waals surface area contributed by atoms with Gasteiger partial charge in [0.05, 0.1) is 0 Å². The molecule has 2 heteroatoms. The number of aromatic nitrogens is 1. The molecule has 0 fully saturated rings. The second-order valence-electron chi connectivity index (χ2n) is 4.29. The van der Waals surface area contributed by atoms with Crippen molar-refractivity contribution in [3.63, 3.8) is 0 Å². The molecule has 0 saturated heterocycles. The molecule has 0 amide bonds. The summed E-state index contributed by atoms with van der Waals surface area (Å²) in [4.78, 5) is 3.87. The Bertz CT molecular complexity index is 491. The van der Waals surface area contributed by atoms with Gasteiger partial charge in [-0.25, -0.2) is 6.92 Å². The minimum absolute atomic E-state index is 0. The van der Waals surface area contributed by atoms with Crippen LogP contribution in [0.4, 0.5) is 0 Å². The third kappa shape index (κ3) is 10.5. The Morgan fingerprint density at radius 2 is 0.955 bits per heavy atom. The number of nitrogens with zero attached hydrogens (tertiary/aromatic N) is 1. The Hall–Kier alpha value is -2.31. The molecule has 0 N–H and O–H groups in total. The fraction of sp³-hybridized carbons (Fsp3) is 0. The summed E-state index contributed by atoms with van der Waals surface area (Å²) >= 11 is 0. The van der Waals surface area contributed by atoms with Crippen LogP contribution < -0.4 is 0 Å². The van der Waals surface area contributed by atoms with Gasteiger partial charge in [-0.1, -0.05) is 18.2 Å². The average Bonchev–Trinajstić information content (AvgIpc) is 2.51. The van der Waals surface area contributed by atoms with E-state index in [0.717, 1.165) is 16.8 Å². The molecule has 1 aromatic heterocycles. The van der Waals surface area contributed by atoms with E-state index in [1.807, 2.05) is 78.9 Å². The monoisotopic (exact) mass is 332 g/mol. The molecule has 0 bridgehead atoms. The Morgan fingerprint density at radius 3 is 1.14 bits per heavy atom. The summed E-state index contributed by atoms with van der Waals surface area (Å²) in [5.41, 5.74) is 2.97. The molecule has 2 aromatic carbocycles. The zero-order chi connectivity index (χ0) is 15.3. The Labute approximate surface area is 144 Å². The summed E-state index contributed by atoms with van der Waals surface area (Å²) in [6.07, 6.45) is 1.72. The van der Waals surface area contributed by atoms with Gasteiger partial charge >= 0.3 is 16.5 Å². The summed E-state index contributed by atoms with van der Waals surface area (Å²) in [7, 11) is 0. The molecule has 1 heterocycles. The summed E-state index contributed by atoms with van der Waals surface area (Å²) < 4.78 is 0. The largest absolute Gasteiger partial charge is 3.00 e. The molecule has 0 aliphatic carbocycles. The summed E-state index contributed by atoms with van der Waals surface area (Å²) in [6, 6.07) is 25.4. The number of rotatable bonds is 0. The van der Waals surface area contributed by atoms with Crippen LogP contribution in [0.3, 0.4) is 0 Å². The molecule has 0 unspecified atom stereocenters. The van der Waals surface area contributed by atoms with Crippen molar-refractivity contribution in [3.05, 3.63) is 123 Å². The standard InChI is InChI=1S/2C7H7.C6H6N.Ni/c2*1-7-5-3-2-4-6-7;1-6-4-2-3-5-7-6;/h2*2-6H,1H2;2-5H,1H2;/q3*-1;+3. The Kier molecular flexibility index (Phi) is 11.1. The van der Waals surface area contributed by atoms with E-state index in [-0.39, 0.29) is 16.5 Å². The van der Waals surface area contributed by atoms with Gasteiger partial charge in [-0.05, 0) is 0 Å². The zero-order valence-electron chi connectivity index (χ0n) is 12.5. The van der Waals surface area contributed by atoms with E-state index in [9.17, 15) is 0 Å². The van der Waals surface area contributed by atoms with Gasteiger partial charge in [0.15, 0.2) is 0 Å². The van der Waals surface area contributed by atoms with Gasteiger partial charge in [0, 0.05) is 6.20 Å². The van der Waals surface area contributed by atoms with E-state index in [0.29, 0.717) is 0 Å². The Balaban J connectivity index is 0.000000294. The van der Waals surface area contributed by atoms with E-state index >= 15 is 0 Å². The van der Waals surface area contributed by atoms with Crippen molar-refractivity contribution in [2.24, 2.45) is 0 Å². The predicted octanol–water partition coefficient (Wildman–Crippen LogP) is 5.00. The summed E-state index contributed by atoms with van der Waals surface area (Å²) in [6.45, 7) is 11.1. The van der Waals surface area contributed by atoms with Gasteiger partial charge in [-0.2, -0.15) is 55.3 Å². The first kappa shape index (κ1) is 19.7. The van der Waals surface area contributed by atoms with Crippen LogP contribution in [0.2, 0.25) is 0 Å². The number of pyridine rings is 1. The van der Waals surface area contributed by atoms with Crippen LogP contribution in [0, 0.1) is 20.8 Å². The SMILES string of the molecule is [CH2-]c1ccccc1.[CH2-]c1ccccc1.[CH2-]c1ccccn1.[Ni+3]. The molecule has 0 saturated carbocycles. The number of hydrogen-bond acceptors (Lipinski definition) is 1. The Morgan fingerprint density at radius 1 is 0.545 bits per heavy atom. The van der Waals surface area contributed by atoms with Crippen molar-refractivity contribution >= 4 is 0 Å². The predicted molar refractivity (Wildman–Crippen MR) is 90.5 cm³/mol. The fourth-order valence-electron chi connectivity index (χ4n) is 1.35. The smallest absolute Gasteiger partial charge is 0.296 e. The maximum absolute atomic E-state index is 3.87. The quantitative estimate of drug-likeness (QED) is 0.417. The first-order valence-corrected chi connectivity index (χ1v) is 6.65. The molecule has 1 nitrogen and oxygen atoms in total. The second kappa shape index (κ2) is 12.4. The van der Waals surface area contributed by atoms with Crippen LogP contribution >= 0.6 is 0 Å². The molecular formula is C20H20NNi. The van der Waals surface area contributed by atoms with Crippen LogP contribution in [0.5, 0.6) is 0 Å². The number of benzene rings is 2. The van der Waals surface area contributed by atoms with Crippen LogP contribution in [0.15, 0.2) is 85.1 Å². The van der Waals surface area contributed by atoms with Crippen molar-refractivity contribution in [3.8, 4) is 0 Å². The van der Waals surface area contributed by atoms with Crippen LogP contribution in [-0.4, -0.2) is 4.98 Å². The normalized spacial score (nSPS) is 8.18. The third-order valence-corrected chi connectivity index (χ3v) is 2.41. The minimum atomic E-state index is 0. The molecular weight excluding hydrogens is 313 g/mol. The zero-order valence-corrected chi connectivity index (χ0v) is 13.5. The number of hydrogen-bond donors (Lipinski definition) is 0. The van der Waals surface area contributed by atoms with Gasteiger partial charge in [-0.15, -0.1) is 36.0 Å². The van der Waals surface area contributed by atoms with Gasteiger partial charge in [0.25, 0.3) is 0 Å². The van der Waals surface area contributed by atoms with Crippen molar-refractivity contribution < 1.29 is 16.5 Å². The second-order valence-corrected chi connectivity index (χ2v) is 4.29. The summed E-state index contributed by atoms with van der Waals surface area (Å²) in [5, 5.41) is 0. The van der Waals surface area contributed by atoms with Gasteiger partial charge in [0.1, 0.15) is 0 Å². The van der Waals surface area contributed by atoms with E-state index < -0.39 is 0 Å². The van der Waals surface area contributed by atoms with Gasteiger partial charge in [0.2, 0.25) is 0 Å². The molecule has 0 aliphatic heterocycles. The molecule has 22 heavy (non-hydrogen) atoms. The van der Waals surface area contributed by atoms with Crippen molar-refractivity contribution in [2.75, 3.05) is 0 Å². The van der Waals surface area contributed by atoms with Crippen LogP contribution in [0.1, 0.15) is 16.8 Å². The van der Waals surface area contributed by atoms with Gasteiger partial charge in [-0.3, -0.25) is 4.98 Å². The molecule has 0 atom stereocenters. The van der Waals surface area contributed by atoms with Crippen molar-refractivity contribution in [1.82, 2.24) is 4.98 Å².